The molecule has 1 heterocycles. The Bertz CT molecular complexity index is 590. The Morgan fingerprint density at radius 1 is 1.28 bits per heavy atom. The third kappa shape index (κ3) is 3.08. The van der Waals surface area contributed by atoms with Gasteiger partial charge in [-0.05, 0) is 24.3 Å². The van der Waals surface area contributed by atoms with Crippen LogP contribution in [0.3, 0.4) is 0 Å². The molecule has 96 valence electrons. The topological polar surface area (TPSA) is 101 Å². The zero-order valence-electron chi connectivity index (χ0n) is 9.63. The zero-order chi connectivity index (χ0) is 13.0. The fraction of sp³-hybridized carbons (Fsp3) is 0.182. The molecule has 4 N–H and O–H groups in total. The van der Waals surface area contributed by atoms with Crippen molar-refractivity contribution in [1.29, 1.82) is 0 Å². The maximum atomic E-state index is 11.9. The standard InChI is InChI=1S/C11H14N4O2S/c12-9-1-3-10(4-2-9)18(16,17)15-6-5-11-13-7-8-14-11/h1-4,7-8,15H,5-6,12H2,(H,13,14). The van der Waals surface area contributed by atoms with E-state index in [0.29, 0.717) is 18.7 Å². The first-order valence-electron chi connectivity index (χ1n) is 5.41. The number of benzene rings is 1. The fourth-order valence-electron chi connectivity index (χ4n) is 1.47. The van der Waals surface area contributed by atoms with Crippen LogP contribution in [0.2, 0.25) is 0 Å². The molecule has 0 saturated carbocycles. The summed E-state index contributed by atoms with van der Waals surface area (Å²) in [5.41, 5.74) is 6.04. The van der Waals surface area contributed by atoms with Crippen LogP contribution in [0.1, 0.15) is 5.82 Å². The van der Waals surface area contributed by atoms with Crippen molar-refractivity contribution in [3.05, 3.63) is 42.5 Å². The number of aromatic amines is 1. The third-order valence-corrected chi connectivity index (χ3v) is 3.88. The van der Waals surface area contributed by atoms with Crippen LogP contribution in [-0.4, -0.2) is 24.9 Å². The van der Waals surface area contributed by atoms with E-state index in [1.54, 1.807) is 24.5 Å². The molecule has 0 aliphatic carbocycles. The van der Waals surface area contributed by atoms with Crippen LogP contribution in [-0.2, 0) is 16.4 Å². The van der Waals surface area contributed by atoms with E-state index in [-0.39, 0.29) is 4.90 Å². The number of imidazole rings is 1. The molecule has 18 heavy (non-hydrogen) atoms. The summed E-state index contributed by atoms with van der Waals surface area (Å²) in [6.07, 6.45) is 3.84. The Morgan fingerprint density at radius 2 is 2.00 bits per heavy atom. The lowest BCUT2D eigenvalue weighted by Crippen LogP contribution is -2.26. The number of hydrogen-bond acceptors (Lipinski definition) is 4. The lowest BCUT2D eigenvalue weighted by molar-refractivity contribution is 0.581. The van der Waals surface area contributed by atoms with Gasteiger partial charge in [-0.3, -0.25) is 0 Å². The number of aromatic nitrogens is 2. The number of anilines is 1. The number of nitrogens with two attached hydrogens (primary N) is 1. The van der Waals surface area contributed by atoms with E-state index in [0.717, 1.165) is 5.82 Å². The van der Waals surface area contributed by atoms with Crippen LogP contribution in [0.25, 0.3) is 0 Å². The van der Waals surface area contributed by atoms with Gasteiger partial charge in [0.15, 0.2) is 0 Å². The minimum Gasteiger partial charge on any atom is -0.399 e. The molecular formula is C11H14N4O2S. The summed E-state index contributed by atoms with van der Waals surface area (Å²) in [5.74, 6) is 0.745. The molecule has 0 aliphatic heterocycles. The smallest absolute Gasteiger partial charge is 0.240 e. The Kier molecular flexibility index (Phi) is 3.63. The number of nitrogen functional groups attached to an aromatic ring is 1. The number of nitrogens with zero attached hydrogens (tertiary/aromatic N) is 1. The summed E-state index contributed by atoms with van der Waals surface area (Å²) in [5, 5.41) is 0. The van der Waals surface area contributed by atoms with Crippen molar-refractivity contribution in [2.24, 2.45) is 0 Å². The van der Waals surface area contributed by atoms with Gasteiger partial charge >= 0.3 is 0 Å². The summed E-state index contributed by atoms with van der Waals surface area (Å²) in [6.45, 7) is 0.292. The minimum absolute atomic E-state index is 0.205. The Labute approximate surface area is 105 Å². The van der Waals surface area contributed by atoms with Crippen LogP contribution in [0.15, 0.2) is 41.6 Å². The van der Waals surface area contributed by atoms with Gasteiger partial charge < -0.3 is 10.7 Å². The second-order valence-electron chi connectivity index (χ2n) is 3.75. The van der Waals surface area contributed by atoms with Crippen LogP contribution in [0.5, 0.6) is 0 Å². The van der Waals surface area contributed by atoms with Crippen molar-refractivity contribution < 1.29 is 8.42 Å². The first-order chi connectivity index (χ1) is 8.58. The van der Waals surface area contributed by atoms with E-state index in [2.05, 4.69) is 14.7 Å². The third-order valence-electron chi connectivity index (χ3n) is 2.40. The summed E-state index contributed by atoms with van der Waals surface area (Å²) in [4.78, 5) is 7.13. The number of hydrogen-bond donors (Lipinski definition) is 3. The Morgan fingerprint density at radius 3 is 2.61 bits per heavy atom. The maximum Gasteiger partial charge on any atom is 0.240 e. The van der Waals surface area contributed by atoms with Crippen molar-refractivity contribution in [3.8, 4) is 0 Å². The number of H-pyrrole nitrogens is 1. The zero-order valence-corrected chi connectivity index (χ0v) is 10.4. The van der Waals surface area contributed by atoms with Crippen LogP contribution < -0.4 is 10.5 Å². The monoisotopic (exact) mass is 266 g/mol. The molecule has 0 amide bonds. The van der Waals surface area contributed by atoms with Crippen LogP contribution in [0.4, 0.5) is 5.69 Å². The molecule has 1 aromatic heterocycles. The summed E-state index contributed by atoms with van der Waals surface area (Å²) in [7, 11) is -3.48. The highest BCUT2D eigenvalue weighted by Crippen LogP contribution is 2.11. The molecule has 0 fully saturated rings. The number of rotatable bonds is 5. The summed E-state index contributed by atoms with van der Waals surface area (Å²) < 4.78 is 26.3. The van der Waals surface area contributed by atoms with Gasteiger partial charge in [0.05, 0.1) is 4.90 Å². The predicted octanol–water partition coefficient (Wildman–Crippen LogP) is 0.513. The van der Waals surface area contributed by atoms with E-state index in [1.807, 2.05) is 0 Å². The van der Waals surface area contributed by atoms with E-state index in [1.165, 1.54) is 12.1 Å². The highest BCUT2D eigenvalue weighted by molar-refractivity contribution is 7.89. The minimum atomic E-state index is -3.48. The van der Waals surface area contributed by atoms with E-state index < -0.39 is 10.0 Å². The van der Waals surface area contributed by atoms with E-state index >= 15 is 0 Å². The molecule has 0 spiro atoms. The van der Waals surface area contributed by atoms with Crippen molar-refractivity contribution in [1.82, 2.24) is 14.7 Å². The molecule has 0 radical (unpaired) electrons. The van der Waals surface area contributed by atoms with Crippen molar-refractivity contribution >= 4 is 15.7 Å². The highest BCUT2D eigenvalue weighted by atomic mass is 32.2. The second-order valence-corrected chi connectivity index (χ2v) is 5.52. The summed E-state index contributed by atoms with van der Waals surface area (Å²) in [6, 6.07) is 6.07. The van der Waals surface area contributed by atoms with Gasteiger partial charge in [-0.25, -0.2) is 18.1 Å². The van der Waals surface area contributed by atoms with Gasteiger partial charge in [0, 0.05) is 31.0 Å². The lowest BCUT2D eigenvalue weighted by Gasteiger charge is -2.06. The lowest BCUT2D eigenvalue weighted by atomic mass is 10.3. The van der Waals surface area contributed by atoms with Crippen molar-refractivity contribution in [2.45, 2.75) is 11.3 Å². The first kappa shape index (κ1) is 12.6. The van der Waals surface area contributed by atoms with Crippen molar-refractivity contribution in [2.75, 3.05) is 12.3 Å². The molecule has 2 rings (SSSR count). The molecule has 6 nitrogen and oxygen atoms in total. The van der Waals surface area contributed by atoms with Gasteiger partial charge in [-0.2, -0.15) is 0 Å². The molecular weight excluding hydrogens is 252 g/mol. The van der Waals surface area contributed by atoms with Crippen LogP contribution in [0, 0.1) is 0 Å². The van der Waals surface area contributed by atoms with Crippen molar-refractivity contribution in [3.63, 3.8) is 0 Å². The molecule has 0 atom stereocenters. The number of sulfonamides is 1. The van der Waals surface area contributed by atoms with Gasteiger partial charge in [0.25, 0.3) is 0 Å². The van der Waals surface area contributed by atoms with Gasteiger partial charge in [0.2, 0.25) is 10.0 Å². The molecule has 2 aromatic rings. The van der Waals surface area contributed by atoms with Gasteiger partial charge in [0.1, 0.15) is 5.82 Å². The average Bonchev–Trinajstić information content (AvgIpc) is 2.82. The highest BCUT2D eigenvalue weighted by Gasteiger charge is 2.12. The average molecular weight is 266 g/mol. The quantitative estimate of drug-likeness (QED) is 0.686. The van der Waals surface area contributed by atoms with Gasteiger partial charge in [-0.1, -0.05) is 0 Å². The molecule has 7 heteroatoms. The SMILES string of the molecule is Nc1ccc(S(=O)(=O)NCCc2ncc[nH]2)cc1. The Balaban J connectivity index is 1.97. The second kappa shape index (κ2) is 5.19. The van der Waals surface area contributed by atoms with Gasteiger partial charge in [-0.15, -0.1) is 0 Å². The molecule has 0 bridgehead atoms. The van der Waals surface area contributed by atoms with E-state index in [4.69, 9.17) is 5.73 Å². The first-order valence-corrected chi connectivity index (χ1v) is 6.90. The van der Waals surface area contributed by atoms with Crippen LogP contribution >= 0.6 is 0 Å². The molecule has 1 aromatic carbocycles. The molecule has 0 saturated heterocycles. The Hall–Kier alpha value is -1.86. The largest absolute Gasteiger partial charge is 0.399 e. The summed E-state index contributed by atoms with van der Waals surface area (Å²) >= 11 is 0. The fourth-order valence-corrected chi connectivity index (χ4v) is 2.50. The normalized spacial score (nSPS) is 11.6. The number of nitrogens with one attached hydrogen (secondary N) is 2. The molecule has 0 aliphatic rings. The van der Waals surface area contributed by atoms with E-state index in [9.17, 15) is 8.42 Å². The predicted molar refractivity (Wildman–Crippen MR) is 68.3 cm³/mol. The molecule has 0 unspecified atom stereocenters. The maximum absolute atomic E-state index is 11.9.